The molecule has 24 nitrogen and oxygen atoms in total. The van der Waals surface area contributed by atoms with Crippen molar-refractivity contribution in [2.75, 3.05) is 19.6 Å². The highest BCUT2D eigenvalue weighted by Gasteiger charge is 2.33. The predicted octanol–water partition coefficient (Wildman–Crippen LogP) is -3.51. The maximum Gasteiger partial charge on any atom is 0.243 e. The number of benzene rings is 2. The molecule has 0 bridgehead atoms. The van der Waals surface area contributed by atoms with Crippen molar-refractivity contribution in [3.63, 3.8) is 0 Å². The van der Waals surface area contributed by atoms with Crippen LogP contribution in [0.15, 0.2) is 65.8 Å². The number of hydrogen-bond donors (Lipinski definition) is 13. The Hall–Kier alpha value is -8.05. The van der Waals surface area contributed by atoms with Gasteiger partial charge in [0.1, 0.15) is 36.3 Å². The molecule has 0 aliphatic carbocycles. The number of aromatic amines is 1. The number of carbonyl (C=O) groups excluding carboxylic acids is 10. The average Bonchev–Trinajstić information content (AvgIpc) is 3.71. The quantitative estimate of drug-likeness (QED) is 0.0401. The number of primary amides is 2. The minimum atomic E-state index is -1.51. The first-order valence-electron chi connectivity index (χ1n) is 22.4. The number of guanidine groups is 1. The molecule has 4 rings (SSSR count). The third kappa shape index (κ3) is 18.3. The summed E-state index contributed by atoms with van der Waals surface area (Å²) in [6, 6.07) is 7.69. The fourth-order valence-corrected chi connectivity index (χ4v) is 7.44. The molecule has 3 aromatic rings. The van der Waals surface area contributed by atoms with Crippen LogP contribution in [0.3, 0.4) is 0 Å². The van der Waals surface area contributed by atoms with E-state index in [-0.39, 0.29) is 83.3 Å². The first-order valence-corrected chi connectivity index (χ1v) is 22.4. The van der Waals surface area contributed by atoms with Crippen molar-refractivity contribution >= 4 is 75.9 Å². The zero-order valence-corrected chi connectivity index (χ0v) is 38.3. The number of aromatic nitrogens is 1. The number of fused-ring (bicyclic) bond motifs is 1. The number of hydrogen-bond acceptors (Lipinski definition) is 11. The van der Waals surface area contributed by atoms with Crippen LogP contribution in [0.25, 0.3) is 10.9 Å². The molecule has 2 heterocycles. The molecule has 6 atom stereocenters. The number of amides is 10. The summed E-state index contributed by atoms with van der Waals surface area (Å²) in [5.74, 6) is -8.11. The lowest BCUT2D eigenvalue weighted by molar-refractivity contribution is -0.135. The normalized spacial score (nSPS) is 20.9. The second-order valence-electron chi connectivity index (χ2n) is 16.5. The summed E-state index contributed by atoms with van der Waals surface area (Å²) < 4.78 is 0. The Balaban J connectivity index is 1.67. The summed E-state index contributed by atoms with van der Waals surface area (Å²) in [5.41, 5.74) is 23.9. The van der Waals surface area contributed by atoms with E-state index in [0.717, 1.165) is 10.9 Å². The largest absolute Gasteiger partial charge is 0.370 e. The smallest absolute Gasteiger partial charge is 0.243 e. The van der Waals surface area contributed by atoms with E-state index >= 15 is 0 Å². The van der Waals surface area contributed by atoms with Crippen molar-refractivity contribution in [1.29, 1.82) is 0 Å². The number of carbonyl (C=O) groups is 10. The maximum atomic E-state index is 14.1. The van der Waals surface area contributed by atoms with Gasteiger partial charge in [-0.3, -0.25) is 52.9 Å². The van der Waals surface area contributed by atoms with Crippen molar-refractivity contribution in [1.82, 2.24) is 47.5 Å². The van der Waals surface area contributed by atoms with Gasteiger partial charge >= 0.3 is 0 Å². The molecule has 372 valence electrons. The SMILES string of the molecule is CC(=O)NC(CCCN=C(N)N)C(=O)NC1CCCNC(=O)CCC(C(N)=O)NC(=O)[C@H](Cc2c[nH]c3ccccc23)NC(=O)CNC(=O)C(Cc2ccccc2)NC(=O)[C@H](CCC(N)=O)NC1=O. The van der Waals surface area contributed by atoms with Crippen molar-refractivity contribution in [3.05, 3.63) is 71.9 Å². The molecule has 2 aromatic carbocycles. The summed E-state index contributed by atoms with van der Waals surface area (Å²) in [5, 5.41) is 21.4. The number of nitrogens with zero attached hydrogens (tertiary/aromatic N) is 1. The van der Waals surface area contributed by atoms with Gasteiger partial charge in [0, 0.05) is 62.8 Å². The fourth-order valence-electron chi connectivity index (χ4n) is 7.44. The highest BCUT2D eigenvalue weighted by atomic mass is 16.2. The number of H-pyrrole nitrogens is 1. The van der Waals surface area contributed by atoms with E-state index in [2.05, 4.69) is 52.5 Å². The van der Waals surface area contributed by atoms with E-state index in [0.29, 0.717) is 11.1 Å². The van der Waals surface area contributed by atoms with Gasteiger partial charge < -0.3 is 70.5 Å². The van der Waals surface area contributed by atoms with E-state index in [9.17, 15) is 47.9 Å². The van der Waals surface area contributed by atoms with Crippen molar-refractivity contribution < 1.29 is 47.9 Å². The van der Waals surface area contributed by atoms with E-state index < -0.39 is 102 Å². The van der Waals surface area contributed by atoms with E-state index in [1.165, 1.54) is 6.92 Å². The van der Waals surface area contributed by atoms with Gasteiger partial charge in [0.05, 0.1) is 6.54 Å². The minimum absolute atomic E-state index is 0.0552. The molecule has 1 aliphatic rings. The Bertz CT molecular complexity index is 2350. The summed E-state index contributed by atoms with van der Waals surface area (Å²) >= 11 is 0. The molecular formula is C45H62N14O10. The number of aliphatic imine (C=N–C) groups is 1. The minimum Gasteiger partial charge on any atom is -0.370 e. The first kappa shape index (κ1) is 53.6. The monoisotopic (exact) mass is 958 g/mol. The summed E-state index contributed by atoms with van der Waals surface area (Å²) in [4.78, 5) is 140. The van der Waals surface area contributed by atoms with Gasteiger partial charge in [0.2, 0.25) is 59.1 Å². The van der Waals surface area contributed by atoms with Crippen LogP contribution >= 0.6 is 0 Å². The number of nitrogens with one attached hydrogen (secondary N) is 9. The van der Waals surface area contributed by atoms with Gasteiger partial charge in [0.25, 0.3) is 0 Å². The number of para-hydroxylation sites is 1. The van der Waals surface area contributed by atoms with Crippen LogP contribution in [0, 0.1) is 0 Å². The Labute approximate surface area is 397 Å². The molecule has 0 radical (unpaired) electrons. The predicted molar refractivity (Wildman–Crippen MR) is 251 cm³/mol. The molecule has 4 unspecified atom stereocenters. The second kappa shape index (κ2) is 26.9. The van der Waals surface area contributed by atoms with Gasteiger partial charge in [-0.2, -0.15) is 0 Å². The second-order valence-corrected chi connectivity index (χ2v) is 16.5. The van der Waals surface area contributed by atoms with E-state index in [1.54, 1.807) is 42.6 Å². The first-order chi connectivity index (χ1) is 32.9. The van der Waals surface area contributed by atoms with E-state index in [1.807, 2.05) is 18.2 Å². The lowest BCUT2D eigenvalue weighted by atomic mass is 10.0. The zero-order chi connectivity index (χ0) is 50.5. The molecule has 0 saturated carbocycles. The van der Waals surface area contributed by atoms with Crippen LogP contribution in [0.4, 0.5) is 0 Å². The lowest BCUT2D eigenvalue weighted by Gasteiger charge is -2.26. The third-order valence-electron chi connectivity index (χ3n) is 11.0. The Morgan fingerprint density at radius 3 is 2.13 bits per heavy atom. The van der Waals surface area contributed by atoms with Gasteiger partial charge in [-0.1, -0.05) is 48.5 Å². The lowest BCUT2D eigenvalue weighted by Crippen LogP contribution is -2.59. The third-order valence-corrected chi connectivity index (χ3v) is 11.0. The molecule has 1 saturated heterocycles. The van der Waals surface area contributed by atoms with Crippen LogP contribution in [0.5, 0.6) is 0 Å². The molecule has 17 N–H and O–H groups in total. The van der Waals surface area contributed by atoms with Gasteiger partial charge in [-0.25, -0.2) is 0 Å². The molecule has 69 heavy (non-hydrogen) atoms. The van der Waals surface area contributed by atoms with Crippen LogP contribution in [0.1, 0.15) is 69.4 Å². The maximum absolute atomic E-state index is 14.1. The van der Waals surface area contributed by atoms with Crippen LogP contribution in [0.2, 0.25) is 0 Å². The summed E-state index contributed by atoms with van der Waals surface area (Å²) in [6.07, 6.45) is 0.474. The number of rotatable bonds is 15. The molecule has 1 aliphatic heterocycles. The van der Waals surface area contributed by atoms with Crippen LogP contribution < -0.4 is 65.5 Å². The molecule has 1 aromatic heterocycles. The van der Waals surface area contributed by atoms with Crippen molar-refractivity contribution in [2.45, 2.75) is 107 Å². The standard InChI is InChI=1S/C45H62N14O10/c1-25(60)54-31(13-8-20-51-45(48)49)41(66)57-32-14-7-19-50-37(62)18-16-30(39(47)64)56-44(69)35(22-27-23-52-29-12-6-5-11-28(27)29)55-38(63)24-53-40(65)34(21-26-9-3-2-4-10-26)59-43(68)33(58-42(32)67)15-17-36(46)61/h2-6,9-12,23,30-35,52H,7-8,13-22,24H2,1H3,(H2,46,61)(H2,47,64)(H,50,62)(H,53,65)(H,54,60)(H,55,63)(H,56,69)(H,57,66)(H,58,67)(H,59,68)(H4,48,49,51)/t30?,31?,32?,33-,34?,35-/m0/s1. The Kier molecular flexibility index (Phi) is 20.9. The van der Waals surface area contributed by atoms with E-state index in [4.69, 9.17) is 22.9 Å². The average molecular weight is 959 g/mol. The Morgan fingerprint density at radius 2 is 1.43 bits per heavy atom. The highest BCUT2D eigenvalue weighted by molar-refractivity contribution is 5.97. The molecule has 10 amide bonds. The van der Waals surface area contributed by atoms with Gasteiger partial charge in [-0.15, -0.1) is 0 Å². The molecule has 24 heteroatoms. The zero-order valence-electron chi connectivity index (χ0n) is 38.3. The number of nitrogens with two attached hydrogens (primary N) is 4. The Morgan fingerprint density at radius 1 is 0.754 bits per heavy atom. The van der Waals surface area contributed by atoms with Gasteiger partial charge in [0.15, 0.2) is 5.96 Å². The van der Waals surface area contributed by atoms with Crippen LogP contribution in [-0.2, 0) is 60.8 Å². The summed E-state index contributed by atoms with van der Waals surface area (Å²) in [7, 11) is 0. The van der Waals surface area contributed by atoms with Gasteiger partial charge in [-0.05, 0) is 55.7 Å². The van der Waals surface area contributed by atoms with Crippen LogP contribution in [-0.4, -0.2) is 126 Å². The fraction of sp³-hybridized carbons (Fsp3) is 0.444. The van der Waals surface area contributed by atoms with Crippen molar-refractivity contribution in [3.8, 4) is 0 Å². The molecule has 1 fully saturated rings. The highest BCUT2D eigenvalue weighted by Crippen LogP contribution is 2.19. The summed E-state index contributed by atoms with van der Waals surface area (Å²) in [6.45, 7) is 0.581. The molecule has 0 spiro atoms. The van der Waals surface area contributed by atoms with Crippen molar-refractivity contribution in [2.24, 2.45) is 27.9 Å². The topological polar surface area (TPSA) is 399 Å². The molecular weight excluding hydrogens is 897 g/mol.